The van der Waals surface area contributed by atoms with Gasteiger partial charge in [-0.15, -0.1) is 0 Å². The van der Waals surface area contributed by atoms with E-state index in [-0.39, 0.29) is 5.91 Å². The Bertz CT molecular complexity index is 911. The molecule has 146 valence electrons. The molecule has 6 nitrogen and oxygen atoms in total. The van der Waals surface area contributed by atoms with E-state index in [1.807, 2.05) is 24.3 Å². The van der Waals surface area contributed by atoms with Gasteiger partial charge >= 0.3 is 0 Å². The molecule has 0 bridgehead atoms. The Kier molecular flexibility index (Phi) is 5.58. The van der Waals surface area contributed by atoms with Crippen LogP contribution in [0.3, 0.4) is 0 Å². The quantitative estimate of drug-likeness (QED) is 0.715. The van der Waals surface area contributed by atoms with E-state index < -0.39 is 0 Å². The number of carbonyl (C=O) groups excluding carboxylic acids is 1. The Morgan fingerprint density at radius 2 is 1.93 bits per heavy atom. The van der Waals surface area contributed by atoms with Crippen LogP contribution >= 0.6 is 0 Å². The number of rotatable bonds is 6. The molecule has 0 aliphatic carbocycles. The molecule has 3 aromatic rings. The fourth-order valence-electron chi connectivity index (χ4n) is 3.57. The molecule has 4 rings (SSSR count). The second-order valence-electron chi connectivity index (χ2n) is 7.27. The van der Waals surface area contributed by atoms with Crippen molar-refractivity contribution in [2.45, 2.75) is 19.9 Å². The summed E-state index contributed by atoms with van der Waals surface area (Å²) in [6, 6.07) is 16.2. The van der Waals surface area contributed by atoms with E-state index in [9.17, 15) is 4.79 Å². The van der Waals surface area contributed by atoms with E-state index in [0.717, 1.165) is 43.8 Å². The van der Waals surface area contributed by atoms with Crippen molar-refractivity contribution in [3.05, 3.63) is 60.0 Å². The van der Waals surface area contributed by atoms with Gasteiger partial charge in [0.05, 0.1) is 6.54 Å². The highest BCUT2D eigenvalue weighted by molar-refractivity contribution is 5.76. The zero-order chi connectivity index (χ0) is 19.3. The molecule has 0 radical (unpaired) electrons. The van der Waals surface area contributed by atoms with Crippen LogP contribution in [0.1, 0.15) is 17.9 Å². The van der Waals surface area contributed by atoms with Crippen LogP contribution in [0.5, 0.6) is 0 Å². The lowest BCUT2D eigenvalue weighted by molar-refractivity contribution is -0.121. The normalized spacial score (nSPS) is 15.1. The monoisotopic (exact) mass is 378 g/mol. The molecule has 1 fully saturated rings. The molecular weight excluding hydrogens is 352 g/mol. The van der Waals surface area contributed by atoms with Crippen LogP contribution < -0.4 is 10.2 Å². The van der Waals surface area contributed by atoms with Gasteiger partial charge in [0.2, 0.25) is 11.8 Å². The number of nitrogens with zero attached hydrogens (tertiary/aromatic N) is 3. The van der Waals surface area contributed by atoms with E-state index in [0.29, 0.717) is 18.9 Å². The van der Waals surface area contributed by atoms with Gasteiger partial charge in [-0.2, -0.15) is 0 Å². The summed E-state index contributed by atoms with van der Waals surface area (Å²) in [5.41, 5.74) is 4.14. The summed E-state index contributed by atoms with van der Waals surface area (Å²) in [5.74, 6) is 0.574. The van der Waals surface area contributed by atoms with Crippen LogP contribution in [0.4, 0.5) is 5.69 Å². The first-order valence-electron chi connectivity index (χ1n) is 9.82. The van der Waals surface area contributed by atoms with Crippen LogP contribution in [0.15, 0.2) is 52.9 Å². The van der Waals surface area contributed by atoms with Gasteiger partial charge in [-0.05, 0) is 36.8 Å². The average molecular weight is 378 g/mol. The summed E-state index contributed by atoms with van der Waals surface area (Å²) >= 11 is 0. The number of carbonyl (C=O) groups is 1. The molecule has 1 amide bonds. The summed E-state index contributed by atoms with van der Waals surface area (Å²) in [7, 11) is 0. The molecule has 0 atom stereocenters. The third kappa shape index (κ3) is 4.51. The molecule has 2 heterocycles. The number of oxazole rings is 1. The summed E-state index contributed by atoms with van der Waals surface area (Å²) in [4.78, 5) is 21.3. The molecule has 0 unspecified atom stereocenters. The van der Waals surface area contributed by atoms with Crippen LogP contribution in [0.2, 0.25) is 0 Å². The first kappa shape index (κ1) is 18.5. The highest BCUT2D eigenvalue weighted by Gasteiger charge is 2.18. The van der Waals surface area contributed by atoms with E-state index in [1.54, 1.807) is 0 Å². The standard InChI is InChI=1S/C22H26N4O2/c1-17-5-4-6-18(15-17)26-13-11-25(12-14-26)10-9-21(27)23-16-22-24-19-7-2-3-8-20(19)28-22/h2-8,15H,9-14,16H2,1H3,(H,23,27). The molecular formula is C22H26N4O2. The molecule has 1 N–H and O–H groups in total. The minimum absolute atomic E-state index is 0.0309. The zero-order valence-electron chi connectivity index (χ0n) is 16.2. The van der Waals surface area contributed by atoms with Gasteiger partial charge in [0.15, 0.2) is 5.58 Å². The van der Waals surface area contributed by atoms with Crippen molar-refractivity contribution in [1.29, 1.82) is 0 Å². The highest BCUT2D eigenvalue weighted by Crippen LogP contribution is 2.18. The first-order valence-corrected chi connectivity index (χ1v) is 9.82. The van der Waals surface area contributed by atoms with Crippen molar-refractivity contribution in [2.24, 2.45) is 0 Å². The average Bonchev–Trinajstić information content (AvgIpc) is 3.14. The van der Waals surface area contributed by atoms with Crippen molar-refractivity contribution in [2.75, 3.05) is 37.6 Å². The first-order chi connectivity index (χ1) is 13.7. The number of aryl methyl sites for hydroxylation is 1. The maximum Gasteiger partial charge on any atom is 0.221 e. The number of hydrogen-bond acceptors (Lipinski definition) is 5. The number of benzene rings is 2. The zero-order valence-corrected chi connectivity index (χ0v) is 16.2. The van der Waals surface area contributed by atoms with Crippen LogP contribution in [0.25, 0.3) is 11.1 Å². The van der Waals surface area contributed by atoms with Gasteiger partial charge in [0, 0.05) is 44.8 Å². The van der Waals surface area contributed by atoms with Gasteiger partial charge in [0.25, 0.3) is 0 Å². The van der Waals surface area contributed by atoms with E-state index in [1.165, 1.54) is 11.3 Å². The number of nitrogens with one attached hydrogen (secondary N) is 1. The number of aromatic nitrogens is 1. The second-order valence-corrected chi connectivity index (χ2v) is 7.27. The molecule has 1 aliphatic rings. The van der Waals surface area contributed by atoms with Crippen molar-refractivity contribution in [3.63, 3.8) is 0 Å². The number of amides is 1. The SMILES string of the molecule is Cc1cccc(N2CCN(CCC(=O)NCc3nc4ccccc4o3)CC2)c1. The highest BCUT2D eigenvalue weighted by atomic mass is 16.3. The minimum atomic E-state index is 0.0309. The molecule has 0 spiro atoms. The van der Waals surface area contributed by atoms with Gasteiger partial charge in [-0.1, -0.05) is 24.3 Å². The second kappa shape index (κ2) is 8.44. The smallest absolute Gasteiger partial charge is 0.221 e. The molecule has 2 aromatic carbocycles. The number of piperazine rings is 1. The molecule has 1 saturated heterocycles. The molecule has 1 aromatic heterocycles. The predicted molar refractivity (Wildman–Crippen MR) is 110 cm³/mol. The van der Waals surface area contributed by atoms with Gasteiger partial charge in [0.1, 0.15) is 5.52 Å². The van der Waals surface area contributed by atoms with Gasteiger partial charge in [-0.3, -0.25) is 9.69 Å². The molecule has 0 saturated carbocycles. The maximum absolute atomic E-state index is 12.2. The lowest BCUT2D eigenvalue weighted by Crippen LogP contribution is -2.47. The Balaban J connectivity index is 1.19. The largest absolute Gasteiger partial charge is 0.439 e. The molecule has 6 heteroatoms. The minimum Gasteiger partial charge on any atom is -0.439 e. The van der Waals surface area contributed by atoms with Crippen molar-refractivity contribution >= 4 is 22.7 Å². The fourth-order valence-corrected chi connectivity index (χ4v) is 3.57. The summed E-state index contributed by atoms with van der Waals surface area (Å²) in [5, 5.41) is 2.91. The van der Waals surface area contributed by atoms with E-state index in [4.69, 9.17) is 4.42 Å². The lowest BCUT2D eigenvalue weighted by atomic mass is 10.2. The van der Waals surface area contributed by atoms with E-state index >= 15 is 0 Å². The molecule has 1 aliphatic heterocycles. The van der Waals surface area contributed by atoms with Crippen LogP contribution in [0, 0.1) is 6.92 Å². The maximum atomic E-state index is 12.2. The van der Waals surface area contributed by atoms with Crippen molar-refractivity contribution in [3.8, 4) is 0 Å². The predicted octanol–water partition coefficient (Wildman–Crippen LogP) is 2.96. The van der Waals surface area contributed by atoms with E-state index in [2.05, 4.69) is 51.3 Å². The number of anilines is 1. The third-order valence-corrected chi connectivity index (χ3v) is 5.17. The number of hydrogen-bond donors (Lipinski definition) is 1. The van der Waals surface area contributed by atoms with Gasteiger partial charge < -0.3 is 14.6 Å². The Labute approximate surface area is 165 Å². The molecule has 28 heavy (non-hydrogen) atoms. The fraction of sp³-hybridized carbons (Fsp3) is 0.364. The van der Waals surface area contributed by atoms with Crippen LogP contribution in [-0.2, 0) is 11.3 Å². The van der Waals surface area contributed by atoms with Gasteiger partial charge in [-0.25, -0.2) is 4.98 Å². The lowest BCUT2D eigenvalue weighted by Gasteiger charge is -2.36. The van der Waals surface area contributed by atoms with Crippen LogP contribution in [-0.4, -0.2) is 48.5 Å². The number of fused-ring (bicyclic) bond motifs is 1. The summed E-state index contributed by atoms with van der Waals surface area (Å²) in [6.07, 6.45) is 0.491. The van der Waals surface area contributed by atoms with Crippen molar-refractivity contribution < 1.29 is 9.21 Å². The third-order valence-electron chi connectivity index (χ3n) is 5.17. The Morgan fingerprint density at radius 3 is 2.71 bits per heavy atom. The summed E-state index contributed by atoms with van der Waals surface area (Å²) < 4.78 is 5.63. The Hall–Kier alpha value is -2.86. The van der Waals surface area contributed by atoms with Crippen molar-refractivity contribution in [1.82, 2.24) is 15.2 Å². The number of para-hydroxylation sites is 2. The summed E-state index contributed by atoms with van der Waals surface area (Å²) in [6.45, 7) is 7.18. The topological polar surface area (TPSA) is 61.6 Å². The Morgan fingerprint density at radius 1 is 1.11 bits per heavy atom.